The van der Waals surface area contributed by atoms with E-state index < -0.39 is 43.5 Å². The summed E-state index contributed by atoms with van der Waals surface area (Å²) < 4.78 is 58.7. The number of hydrogen-bond donors (Lipinski definition) is 1. The van der Waals surface area contributed by atoms with Crippen molar-refractivity contribution in [2.45, 2.75) is 11.0 Å². The van der Waals surface area contributed by atoms with Crippen molar-refractivity contribution >= 4 is 25.8 Å². The molecule has 6 nitrogen and oxygen atoms in total. The summed E-state index contributed by atoms with van der Waals surface area (Å²) in [7, 11) is 0.556. The third kappa shape index (κ3) is 3.10. The molecule has 1 saturated heterocycles. The summed E-state index contributed by atoms with van der Waals surface area (Å²) in [5.41, 5.74) is 0. The molecule has 0 bridgehead atoms. The maximum atomic E-state index is 13.6. The molecule has 0 spiro atoms. The van der Waals surface area contributed by atoms with Crippen molar-refractivity contribution in [1.82, 2.24) is 5.32 Å². The number of carbonyl (C=O) groups is 1. The monoisotopic (exact) mass is 327 g/mol. The summed E-state index contributed by atoms with van der Waals surface area (Å²) in [6.07, 6.45) is -1.27. The van der Waals surface area contributed by atoms with Crippen LogP contribution in [0.25, 0.3) is 0 Å². The van der Waals surface area contributed by atoms with Gasteiger partial charge in [-0.05, 0) is 12.1 Å². The highest BCUT2D eigenvalue weighted by molar-refractivity contribution is 8.13. The zero-order valence-electron chi connectivity index (χ0n) is 9.73. The van der Waals surface area contributed by atoms with Crippen LogP contribution in [0.3, 0.4) is 0 Å². The molecule has 1 aromatic carbocycles. The second kappa shape index (κ2) is 5.41. The van der Waals surface area contributed by atoms with Gasteiger partial charge in [-0.1, -0.05) is 0 Å². The zero-order chi connectivity index (χ0) is 14.9. The Morgan fingerprint density at radius 2 is 2.10 bits per heavy atom. The Bertz CT molecular complexity index is 651. The third-order valence-electron chi connectivity index (χ3n) is 2.45. The molecule has 1 amide bonds. The summed E-state index contributed by atoms with van der Waals surface area (Å²) in [5, 5.41) is 2.36. The fourth-order valence-electron chi connectivity index (χ4n) is 1.52. The van der Waals surface area contributed by atoms with Gasteiger partial charge >= 0.3 is 6.09 Å². The van der Waals surface area contributed by atoms with Gasteiger partial charge in [-0.25, -0.2) is 17.6 Å². The van der Waals surface area contributed by atoms with Crippen molar-refractivity contribution in [3.63, 3.8) is 0 Å². The van der Waals surface area contributed by atoms with Gasteiger partial charge in [0.2, 0.25) is 5.82 Å². The van der Waals surface area contributed by atoms with Gasteiger partial charge in [0.25, 0.3) is 9.05 Å². The summed E-state index contributed by atoms with van der Waals surface area (Å²) in [6.45, 7) is -0.0286. The number of amides is 1. The molecule has 10 heteroatoms. The molecule has 0 aliphatic carbocycles. The summed E-state index contributed by atoms with van der Waals surface area (Å²) in [5.74, 6) is -3.61. The van der Waals surface area contributed by atoms with Crippen molar-refractivity contribution in [1.29, 1.82) is 0 Å². The van der Waals surface area contributed by atoms with Crippen molar-refractivity contribution in [2.75, 3.05) is 13.2 Å². The molecule has 0 saturated carbocycles. The van der Waals surface area contributed by atoms with Crippen LogP contribution in [0.2, 0.25) is 0 Å². The standard InChI is InChI=1S/C10H8ClF2NO5S/c11-20(16,17)7-2-1-6(8(12)9(7)13)18-4-5-3-14-10(15)19-5/h1-2,5H,3-4H2,(H,14,15). The van der Waals surface area contributed by atoms with E-state index in [4.69, 9.17) is 20.2 Å². The van der Waals surface area contributed by atoms with E-state index in [0.717, 1.165) is 12.1 Å². The van der Waals surface area contributed by atoms with Crippen LogP contribution in [0.1, 0.15) is 0 Å². The first-order chi connectivity index (χ1) is 9.29. The number of nitrogens with one attached hydrogen (secondary N) is 1. The molecule has 1 unspecified atom stereocenters. The average Bonchev–Trinajstić information content (AvgIpc) is 2.75. The van der Waals surface area contributed by atoms with Crippen molar-refractivity contribution in [3.05, 3.63) is 23.8 Å². The Morgan fingerprint density at radius 1 is 1.40 bits per heavy atom. The largest absolute Gasteiger partial charge is 0.486 e. The average molecular weight is 328 g/mol. The minimum atomic E-state index is -4.39. The number of carbonyl (C=O) groups excluding carboxylic acids is 1. The van der Waals surface area contributed by atoms with E-state index >= 15 is 0 Å². The van der Waals surface area contributed by atoms with Crippen LogP contribution in [-0.4, -0.2) is 33.8 Å². The zero-order valence-corrected chi connectivity index (χ0v) is 11.3. The molecule has 1 N–H and O–H groups in total. The molecule has 1 aliphatic rings. The van der Waals surface area contributed by atoms with E-state index in [-0.39, 0.29) is 13.2 Å². The second-order valence-corrected chi connectivity index (χ2v) is 6.38. The summed E-state index contributed by atoms with van der Waals surface area (Å²) >= 11 is 0. The molecule has 1 atom stereocenters. The summed E-state index contributed by atoms with van der Waals surface area (Å²) in [4.78, 5) is 9.76. The molecular formula is C10H8ClF2NO5S. The van der Waals surface area contributed by atoms with Gasteiger partial charge in [-0.3, -0.25) is 0 Å². The fourth-order valence-corrected chi connectivity index (χ4v) is 2.41. The third-order valence-corrected chi connectivity index (χ3v) is 3.79. The van der Waals surface area contributed by atoms with Gasteiger partial charge in [0.15, 0.2) is 17.7 Å². The summed E-state index contributed by atoms with van der Waals surface area (Å²) in [6, 6.07) is 1.72. The Morgan fingerprint density at radius 3 is 2.65 bits per heavy atom. The Hall–Kier alpha value is -1.61. The molecule has 1 aromatic rings. The van der Waals surface area contributed by atoms with Crippen molar-refractivity contribution in [3.8, 4) is 5.75 Å². The normalized spacial score (nSPS) is 18.6. The Kier molecular flexibility index (Phi) is 4.00. The van der Waals surface area contributed by atoms with E-state index in [1.165, 1.54) is 0 Å². The highest BCUT2D eigenvalue weighted by Gasteiger charge is 2.26. The molecule has 1 aliphatic heterocycles. The van der Waals surface area contributed by atoms with Crippen LogP contribution in [0.4, 0.5) is 13.6 Å². The number of rotatable bonds is 4. The second-order valence-electron chi connectivity index (χ2n) is 3.85. The lowest BCUT2D eigenvalue weighted by atomic mass is 10.3. The number of hydrogen-bond acceptors (Lipinski definition) is 5. The van der Waals surface area contributed by atoms with E-state index in [1.807, 2.05) is 0 Å². The molecule has 0 aromatic heterocycles. The van der Waals surface area contributed by atoms with Gasteiger partial charge in [-0.2, -0.15) is 4.39 Å². The smallest absolute Gasteiger partial charge is 0.407 e. The minimum absolute atomic E-state index is 0.178. The molecule has 2 rings (SSSR count). The van der Waals surface area contributed by atoms with Gasteiger partial charge in [0.05, 0.1) is 6.54 Å². The highest BCUT2D eigenvalue weighted by Crippen LogP contribution is 2.27. The van der Waals surface area contributed by atoms with Crippen LogP contribution in [0.5, 0.6) is 5.75 Å². The number of benzene rings is 1. The molecule has 20 heavy (non-hydrogen) atoms. The van der Waals surface area contributed by atoms with Gasteiger partial charge in [0, 0.05) is 10.7 Å². The van der Waals surface area contributed by atoms with Crippen molar-refractivity contribution in [2.24, 2.45) is 0 Å². The number of halogens is 3. The highest BCUT2D eigenvalue weighted by atomic mass is 35.7. The van der Waals surface area contributed by atoms with Gasteiger partial charge in [0.1, 0.15) is 11.5 Å². The van der Waals surface area contributed by atoms with E-state index in [1.54, 1.807) is 0 Å². The first-order valence-corrected chi connectivity index (χ1v) is 7.60. The van der Waals surface area contributed by atoms with Crippen LogP contribution in [0, 0.1) is 11.6 Å². The molecule has 0 radical (unpaired) electrons. The maximum absolute atomic E-state index is 13.6. The quantitative estimate of drug-likeness (QED) is 0.845. The van der Waals surface area contributed by atoms with Crippen LogP contribution >= 0.6 is 10.7 Å². The predicted molar refractivity (Wildman–Crippen MR) is 63.2 cm³/mol. The maximum Gasteiger partial charge on any atom is 0.407 e. The van der Waals surface area contributed by atoms with Gasteiger partial charge in [-0.15, -0.1) is 0 Å². The lowest BCUT2D eigenvalue weighted by molar-refractivity contribution is 0.103. The number of cyclic esters (lactones) is 1. The number of ether oxygens (including phenoxy) is 2. The van der Waals surface area contributed by atoms with Crippen LogP contribution in [0.15, 0.2) is 17.0 Å². The first-order valence-electron chi connectivity index (χ1n) is 5.29. The lowest BCUT2D eigenvalue weighted by Crippen LogP contribution is -2.22. The fraction of sp³-hybridized carbons (Fsp3) is 0.300. The van der Waals surface area contributed by atoms with E-state index in [9.17, 15) is 22.0 Å². The molecular weight excluding hydrogens is 320 g/mol. The van der Waals surface area contributed by atoms with Crippen LogP contribution in [-0.2, 0) is 13.8 Å². The number of alkyl carbamates (subject to hydrolysis) is 1. The molecule has 110 valence electrons. The van der Waals surface area contributed by atoms with Gasteiger partial charge < -0.3 is 14.8 Å². The Balaban J connectivity index is 2.14. The SMILES string of the molecule is O=C1NCC(COc2ccc(S(=O)(=O)Cl)c(F)c2F)O1. The predicted octanol–water partition coefficient (Wildman–Crippen LogP) is 1.38. The molecule has 1 fully saturated rings. The first kappa shape index (κ1) is 14.8. The minimum Gasteiger partial charge on any atom is -0.486 e. The van der Waals surface area contributed by atoms with Crippen LogP contribution < -0.4 is 10.1 Å². The van der Waals surface area contributed by atoms with Crippen molar-refractivity contribution < 1.29 is 31.5 Å². The molecule has 1 heterocycles. The topological polar surface area (TPSA) is 81.7 Å². The Labute approximate surface area is 117 Å². The van der Waals surface area contributed by atoms with E-state index in [2.05, 4.69) is 5.32 Å². The lowest BCUT2D eigenvalue weighted by Gasteiger charge is -2.11. The van der Waals surface area contributed by atoms with E-state index in [0.29, 0.717) is 0 Å².